The van der Waals surface area contributed by atoms with E-state index in [9.17, 15) is 13.2 Å². The molecule has 1 amide bonds. The third kappa shape index (κ3) is 4.52. The van der Waals surface area contributed by atoms with Gasteiger partial charge in [-0.25, -0.2) is 8.42 Å². The van der Waals surface area contributed by atoms with Gasteiger partial charge in [0.05, 0.1) is 4.90 Å². The van der Waals surface area contributed by atoms with Crippen molar-refractivity contribution in [2.75, 3.05) is 36.4 Å². The fourth-order valence-electron chi connectivity index (χ4n) is 3.96. The van der Waals surface area contributed by atoms with E-state index in [1.165, 1.54) is 28.9 Å². The highest BCUT2D eigenvalue weighted by Crippen LogP contribution is 2.27. The zero-order valence-electron chi connectivity index (χ0n) is 18.2. The van der Waals surface area contributed by atoms with Crippen LogP contribution in [-0.4, -0.2) is 44.8 Å². The van der Waals surface area contributed by atoms with Crippen LogP contribution >= 0.6 is 0 Å². The summed E-state index contributed by atoms with van der Waals surface area (Å²) in [5.41, 5.74) is 4.12. The Kier molecular flexibility index (Phi) is 6.83. The number of sulfonamides is 1. The molecule has 1 aliphatic rings. The van der Waals surface area contributed by atoms with Gasteiger partial charge in [-0.15, -0.1) is 0 Å². The molecule has 0 bridgehead atoms. The second kappa shape index (κ2) is 9.18. The lowest BCUT2D eigenvalue weighted by Gasteiger charge is -2.21. The maximum absolute atomic E-state index is 12.9. The first-order valence-corrected chi connectivity index (χ1v) is 12.0. The van der Waals surface area contributed by atoms with Crippen LogP contribution in [0.3, 0.4) is 0 Å². The second-order valence-corrected chi connectivity index (χ2v) is 9.65. The van der Waals surface area contributed by atoms with Crippen molar-refractivity contribution in [3.8, 4) is 0 Å². The molecule has 30 heavy (non-hydrogen) atoms. The molecule has 0 spiro atoms. The Hall–Kier alpha value is -2.38. The van der Waals surface area contributed by atoms with Crippen LogP contribution in [0.2, 0.25) is 0 Å². The predicted molar refractivity (Wildman–Crippen MR) is 122 cm³/mol. The van der Waals surface area contributed by atoms with Crippen molar-refractivity contribution < 1.29 is 13.2 Å². The first-order chi connectivity index (χ1) is 14.3. The molecule has 0 aliphatic carbocycles. The monoisotopic (exact) mass is 429 g/mol. The molecule has 0 aromatic heterocycles. The molecule has 0 unspecified atom stereocenters. The van der Waals surface area contributed by atoms with Crippen molar-refractivity contribution in [3.63, 3.8) is 0 Å². The van der Waals surface area contributed by atoms with Crippen LogP contribution in [0.15, 0.2) is 41.3 Å². The van der Waals surface area contributed by atoms with Gasteiger partial charge in [0.15, 0.2) is 0 Å². The Balaban J connectivity index is 1.84. The number of aryl methyl sites for hydroxylation is 2. The lowest BCUT2D eigenvalue weighted by molar-refractivity contribution is 0.102. The molecule has 3 rings (SSSR count). The summed E-state index contributed by atoms with van der Waals surface area (Å²) in [5, 5.41) is 2.93. The van der Waals surface area contributed by atoms with Crippen LogP contribution in [0.4, 0.5) is 11.4 Å². The van der Waals surface area contributed by atoms with Gasteiger partial charge in [0, 0.05) is 43.1 Å². The van der Waals surface area contributed by atoms with Gasteiger partial charge in [0.25, 0.3) is 5.91 Å². The molecule has 0 atom stereocenters. The molecular formula is C23H31N3O3S. The van der Waals surface area contributed by atoms with Gasteiger partial charge in [-0.1, -0.05) is 19.9 Å². The standard InChI is InChI=1S/C23H31N3O3S/c1-5-26(6-2)30(28,29)20-11-9-17(3)21(16-20)23(27)24-19-10-12-22(18(4)15-19)25-13-7-8-14-25/h9-12,15-16H,5-8,13-14H2,1-4H3,(H,24,27). The first-order valence-electron chi connectivity index (χ1n) is 10.6. The molecule has 162 valence electrons. The van der Waals surface area contributed by atoms with E-state index in [1.54, 1.807) is 26.0 Å². The second-order valence-electron chi connectivity index (χ2n) is 7.72. The van der Waals surface area contributed by atoms with Crippen LogP contribution in [0.5, 0.6) is 0 Å². The minimum absolute atomic E-state index is 0.141. The van der Waals surface area contributed by atoms with Crippen molar-refractivity contribution in [2.45, 2.75) is 45.4 Å². The fraction of sp³-hybridized carbons (Fsp3) is 0.435. The molecule has 1 fully saturated rings. The molecule has 1 N–H and O–H groups in total. The molecule has 0 radical (unpaired) electrons. The highest BCUT2D eigenvalue weighted by Gasteiger charge is 2.23. The maximum Gasteiger partial charge on any atom is 0.255 e. The summed E-state index contributed by atoms with van der Waals surface area (Å²) in [6.07, 6.45) is 2.42. The van der Waals surface area contributed by atoms with Crippen LogP contribution in [0, 0.1) is 13.8 Å². The van der Waals surface area contributed by atoms with Gasteiger partial charge in [-0.05, 0) is 68.1 Å². The molecular weight excluding hydrogens is 398 g/mol. The van der Waals surface area contributed by atoms with Gasteiger partial charge in [0.2, 0.25) is 10.0 Å². The van der Waals surface area contributed by atoms with E-state index in [4.69, 9.17) is 0 Å². The van der Waals surface area contributed by atoms with E-state index in [2.05, 4.69) is 10.2 Å². The highest BCUT2D eigenvalue weighted by atomic mass is 32.2. The first kappa shape index (κ1) is 22.3. The fourth-order valence-corrected chi connectivity index (χ4v) is 5.45. The quantitative estimate of drug-likeness (QED) is 0.717. The summed E-state index contributed by atoms with van der Waals surface area (Å²) in [5.74, 6) is -0.308. The zero-order valence-corrected chi connectivity index (χ0v) is 19.1. The Morgan fingerprint density at radius 1 is 1.00 bits per heavy atom. The number of anilines is 2. The minimum Gasteiger partial charge on any atom is -0.371 e. The van der Waals surface area contributed by atoms with E-state index in [0.29, 0.717) is 24.3 Å². The van der Waals surface area contributed by atoms with Crippen molar-refractivity contribution in [1.29, 1.82) is 0 Å². The molecule has 1 heterocycles. The molecule has 7 heteroatoms. The molecule has 1 aliphatic heterocycles. The average molecular weight is 430 g/mol. The van der Waals surface area contributed by atoms with E-state index in [0.717, 1.165) is 24.2 Å². The van der Waals surface area contributed by atoms with Crippen LogP contribution in [0.1, 0.15) is 48.2 Å². The Bertz CT molecular complexity index is 1020. The van der Waals surface area contributed by atoms with Crippen molar-refractivity contribution in [1.82, 2.24) is 4.31 Å². The normalized spacial score (nSPS) is 14.4. The van der Waals surface area contributed by atoms with Crippen molar-refractivity contribution in [2.24, 2.45) is 0 Å². The van der Waals surface area contributed by atoms with Crippen LogP contribution < -0.4 is 10.2 Å². The molecule has 1 saturated heterocycles. The van der Waals surface area contributed by atoms with Gasteiger partial charge < -0.3 is 10.2 Å². The number of benzene rings is 2. The lowest BCUT2D eigenvalue weighted by Crippen LogP contribution is -2.30. The summed E-state index contributed by atoms with van der Waals surface area (Å²) < 4.78 is 27.1. The predicted octanol–water partition coefficient (Wildman–Crippen LogP) is 4.19. The largest absolute Gasteiger partial charge is 0.371 e. The zero-order chi connectivity index (χ0) is 21.9. The summed E-state index contributed by atoms with van der Waals surface area (Å²) in [7, 11) is -3.62. The van der Waals surface area contributed by atoms with Gasteiger partial charge in [0.1, 0.15) is 0 Å². The summed E-state index contributed by atoms with van der Waals surface area (Å²) >= 11 is 0. The smallest absolute Gasteiger partial charge is 0.255 e. The number of carbonyl (C=O) groups excluding carboxylic acids is 1. The maximum atomic E-state index is 12.9. The summed E-state index contributed by atoms with van der Waals surface area (Å²) in [4.78, 5) is 15.5. The van der Waals surface area contributed by atoms with Crippen LogP contribution in [-0.2, 0) is 10.0 Å². The van der Waals surface area contributed by atoms with Crippen molar-refractivity contribution >= 4 is 27.3 Å². The summed E-state index contributed by atoms with van der Waals surface area (Å²) in [6, 6.07) is 10.7. The number of amides is 1. The Morgan fingerprint density at radius 2 is 1.67 bits per heavy atom. The third-order valence-electron chi connectivity index (χ3n) is 5.70. The number of nitrogens with zero attached hydrogens (tertiary/aromatic N) is 2. The molecule has 2 aromatic carbocycles. The minimum atomic E-state index is -3.62. The lowest BCUT2D eigenvalue weighted by atomic mass is 10.1. The topological polar surface area (TPSA) is 69.7 Å². The van der Waals surface area contributed by atoms with Gasteiger partial charge in [-0.2, -0.15) is 4.31 Å². The van der Waals surface area contributed by atoms with Gasteiger partial charge in [-0.3, -0.25) is 4.79 Å². The van der Waals surface area contributed by atoms with E-state index in [-0.39, 0.29) is 10.8 Å². The number of nitrogens with one attached hydrogen (secondary N) is 1. The summed E-state index contributed by atoms with van der Waals surface area (Å²) in [6.45, 7) is 10.4. The Labute approximate surface area is 179 Å². The van der Waals surface area contributed by atoms with E-state index < -0.39 is 10.0 Å². The SMILES string of the molecule is CCN(CC)S(=O)(=O)c1ccc(C)c(C(=O)Nc2ccc(N3CCCC3)c(C)c2)c1. The van der Waals surface area contributed by atoms with Crippen molar-refractivity contribution in [3.05, 3.63) is 53.1 Å². The molecule has 0 saturated carbocycles. The van der Waals surface area contributed by atoms with E-state index in [1.807, 2.05) is 32.0 Å². The molecule has 2 aromatic rings. The number of hydrogen-bond acceptors (Lipinski definition) is 4. The highest BCUT2D eigenvalue weighted by molar-refractivity contribution is 7.89. The van der Waals surface area contributed by atoms with Crippen LogP contribution in [0.25, 0.3) is 0 Å². The number of rotatable bonds is 7. The van der Waals surface area contributed by atoms with Gasteiger partial charge >= 0.3 is 0 Å². The van der Waals surface area contributed by atoms with E-state index >= 15 is 0 Å². The third-order valence-corrected chi connectivity index (χ3v) is 7.74. The number of carbonyl (C=O) groups is 1. The Morgan fingerprint density at radius 3 is 2.27 bits per heavy atom. The number of hydrogen-bond donors (Lipinski definition) is 1. The molecule has 6 nitrogen and oxygen atoms in total. The average Bonchev–Trinajstić information content (AvgIpc) is 3.23.